The smallest absolute Gasteiger partial charge is 0.313 e. The van der Waals surface area contributed by atoms with Crippen molar-refractivity contribution in [3.63, 3.8) is 0 Å². The van der Waals surface area contributed by atoms with E-state index >= 15 is 0 Å². The summed E-state index contributed by atoms with van der Waals surface area (Å²) in [5.41, 5.74) is -0.470. The third-order valence-electron chi connectivity index (χ3n) is 1.63. The molecule has 0 fully saturated rings. The normalized spacial score (nSPS) is 10.2. The monoisotopic (exact) mass is 395 g/mol. The van der Waals surface area contributed by atoms with Gasteiger partial charge in [0.05, 0.1) is 5.41 Å². The van der Waals surface area contributed by atoms with Gasteiger partial charge in [0.1, 0.15) is 0 Å². The molecule has 0 aliphatic carbocycles. The molecule has 0 heterocycles. The third-order valence-corrected chi connectivity index (χ3v) is 1.63. The number of aliphatic hydroxyl groups excluding tert-OH is 1. The van der Waals surface area contributed by atoms with Gasteiger partial charge in [-0.3, -0.25) is 4.79 Å². The van der Waals surface area contributed by atoms with Crippen LogP contribution in [0.2, 0.25) is 0 Å². The van der Waals surface area contributed by atoms with Crippen molar-refractivity contribution in [2.24, 2.45) is 5.41 Å². The summed E-state index contributed by atoms with van der Waals surface area (Å²) in [7, 11) is 0. The van der Waals surface area contributed by atoms with Crippen molar-refractivity contribution in [1.82, 2.24) is 0 Å². The van der Waals surface area contributed by atoms with Crippen LogP contribution in [0.4, 0.5) is 0 Å². The van der Waals surface area contributed by atoms with Crippen molar-refractivity contribution in [2.75, 3.05) is 6.79 Å². The van der Waals surface area contributed by atoms with Crippen LogP contribution in [0.1, 0.15) is 27.2 Å². The molecule has 4 heteroatoms. The molecule has 0 radical (unpaired) electrons. The maximum atomic E-state index is 10.9. The molecule has 0 aromatic heterocycles. The first-order valence-corrected chi connectivity index (χ1v) is 3.32. The Hall–Kier alpha value is -1.57. The Morgan fingerprint density at radius 3 is 2.27 bits per heavy atom. The van der Waals surface area contributed by atoms with E-state index in [1.807, 2.05) is 6.92 Å². The maximum absolute atomic E-state index is 10.9. The number of hydrogen-bond acceptors (Lipinski definition) is 3. The summed E-state index contributed by atoms with van der Waals surface area (Å²) in [5.74, 6) is -0.350. The molecular formula is C7H14CfO3. The van der Waals surface area contributed by atoms with Crippen LogP contribution in [0, 0.1) is 5.41 Å². The van der Waals surface area contributed by atoms with Gasteiger partial charge in [-0.15, -0.1) is 0 Å². The van der Waals surface area contributed by atoms with Crippen molar-refractivity contribution in [2.45, 2.75) is 27.2 Å². The van der Waals surface area contributed by atoms with E-state index in [9.17, 15) is 4.79 Å². The van der Waals surface area contributed by atoms with E-state index in [1.54, 1.807) is 13.8 Å². The van der Waals surface area contributed by atoms with E-state index in [4.69, 9.17) is 5.11 Å². The first kappa shape index (κ1) is 12.1. The number of hydrogen-bond donors (Lipinski definition) is 1. The number of esters is 1. The van der Waals surface area contributed by atoms with E-state index in [0.717, 1.165) is 0 Å². The van der Waals surface area contributed by atoms with Gasteiger partial charge in [0.15, 0.2) is 6.79 Å². The van der Waals surface area contributed by atoms with Crippen molar-refractivity contribution < 1.29 is 14.6 Å². The quantitative estimate of drug-likeness (QED) is 0.569. The molecule has 0 aromatic carbocycles. The molecule has 0 bridgehead atoms. The van der Waals surface area contributed by atoms with Crippen LogP contribution in [0.15, 0.2) is 0 Å². The summed E-state index contributed by atoms with van der Waals surface area (Å²) < 4.78 is 4.41. The summed E-state index contributed by atoms with van der Waals surface area (Å²) in [5, 5.41) is 8.25. The van der Waals surface area contributed by atoms with Crippen LogP contribution in [0.5, 0.6) is 0 Å². The zero-order valence-corrected chi connectivity index (χ0v) is 9.63. The molecule has 0 saturated carbocycles. The number of rotatable bonds is 3. The molecule has 1 N–H and O–H groups in total. The zero-order chi connectivity index (χ0) is 8.20. The number of carbonyl (C=O) groups is 1. The standard InChI is InChI=1S/C7H14O3.Cf/c1-4-7(2,3)6(9)10-5-8;/h8H,4-5H2,1-3H3;. The van der Waals surface area contributed by atoms with Crippen LogP contribution >= 0.6 is 0 Å². The fraction of sp³-hybridized carbons (Fsp3) is 0.857. The zero-order valence-electron chi connectivity index (χ0n) is 6.99. The number of aliphatic hydroxyl groups is 1. The van der Waals surface area contributed by atoms with Crippen LogP contribution < -0.4 is 0 Å². The fourth-order valence-electron chi connectivity index (χ4n) is 0.398. The molecule has 0 aliphatic rings. The molecule has 70 valence electrons. The average Bonchev–Trinajstić information content (AvgIpc) is 1.89. The van der Waals surface area contributed by atoms with E-state index in [2.05, 4.69) is 4.74 Å². The molecule has 0 atom stereocenters. The Morgan fingerprint density at radius 2 is 2.00 bits per heavy atom. The second-order valence-corrected chi connectivity index (χ2v) is 2.80. The van der Waals surface area contributed by atoms with Gasteiger partial charge in [-0.25, -0.2) is 0 Å². The third kappa shape index (κ3) is 3.20. The molecule has 0 aromatic rings. The van der Waals surface area contributed by atoms with Gasteiger partial charge in [0.25, 0.3) is 0 Å². The molecule has 0 saturated heterocycles. The van der Waals surface area contributed by atoms with Crippen molar-refractivity contribution in [1.29, 1.82) is 0 Å². The molecule has 0 unspecified atom stereocenters. The topological polar surface area (TPSA) is 46.5 Å². The van der Waals surface area contributed by atoms with Crippen LogP contribution in [-0.2, 0) is 9.53 Å². The minimum Gasteiger partial charge on any atom is -0.438 e. The summed E-state index contributed by atoms with van der Waals surface area (Å²) in [6.07, 6.45) is 0.714. The predicted molar refractivity (Wildman–Crippen MR) is 37.2 cm³/mol. The van der Waals surface area contributed by atoms with Crippen molar-refractivity contribution in [3.8, 4) is 0 Å². The minimum absolute atomic E-state index is 0. The van der Waals surface area contributed by atoms with Gasteiger partial charge in [-0.1, -0.05) is 6.92 Å². The van der Waals surface area contributed by atoms with Gasteiger partial charge in [-0.2, -0.15) is 0 Å². The minimum atomic E-state index is -0.526. The predicted octanol–water partition coefficient (Wildman–Crippen LogP) is 0.916. The summed E-state index contributed by atoms with van der Waals surface area (Å²) >= 11 is 0. The molecule has 0 aliphatic heterocycles. The van der Waals surface area contributed by atoms with Crippen molar-refractivity contribution >= 4 is 5.97 Å². The van der Waals surface area contributed by atoms with Crippen LogP contribution in [0.3, 0.4) is 0 Å². The number of ether oxygens (including phenoxy) is 1. The Balaban J connectivity index is 0. The van der Waals surface area contributed by atoms with Gasteiger partial charge in [-0.05, 0) is 20.3 Å². The number of carbonyl (C=O) groups excluding carboxylic acids is 1. The Morgan fingerprint density at radius 1 is 1.55 bits per heavy atom. The van der Waals surface area contributed by atoms with E-state index in [-0.39, 0.29) is 5.97 Å². The SMILES string of the molecule is CCC(C)(C)C(=O)OCO.[Cf]. The fourth-order valence-corrected chi connectivity index (χ4v) is 0.398. The van der Waals surface area contributed by atoms with Crippen LogP contribution in [-0.4, -0.2) is 17.9 Å². The van der Waals surface area contributed by atoms with Gasteiger partial charge >= 0.3 is 5.97 Å². The second-order valence-electron chi connectivity index (χ2n) is 2.80. The summed E-state index contributed by atoms with van der Waals surface area (Å²) in [6.45, 7) is 4.94. The van der Waals surface area contributed by atoms with Crippen molar-refractivity contribution in [3.05, 3.63) is 0 Å². The van der Waals surface area contributed by atoms with E-state index < -0.39 is 12.2 Å². The molecule has 0 amide bonds. The van der Waals surface area contributed by atoms with E-state index in [1.165, 1.54) is 0 Å². The summed E-state index contributed by atoms with van der Waals surface area (Å²) in [6, 6.07) is 0. The average molecular weight is 397 g/mol. The molecule has 3 nitrogen and oxygen atoms in total. The Bertz CT molecular complexity index is 123. The Labute approximate surface area is 61.0 Å². The molecule has 0 spiro atoms. The molecule has 0 rings (SSSR count). The first-order valence-electron chi connectivity index (χ1n) is 3.32. The first-order chi connectivity index (χ1) is 4.54. The molecular weight excluding hydrogens is 383 g/mol. The van der Waals surface area contributed by atoms with Gasteiger partial charge in [0, 0.05) is 0 Å². The van der Waals surface area contributed by atoms with E-state index in [0.29, 0.717) is 6.42 Å². The van der Waals surface area contributed by atoms with Crippen LogP contribution in [0.25, 0.3) is 0 Å². The maximum Gasteiger partial charge on any atom is 0.313 e. The Kier molecular flexibility index (Phi) is 4.72. The molecule has 11 heavy (non-hydrogen) atoms. The second kappa shape index (κ2) is 4.28. The van der Waals surface area contributed by atoms with Gasteiger partial charge < -0.3 is 9.84 Å². The largest absolute Gasteiger partial charge is 0.438 e. The summed E-state index contributed by atoms with van der Waals surface area (Å²) in [4.78, 5) is 10.9. The van der Waals surface area contributed by atoms with Gasteiger partial charge in [0.2, 0.25) is 0 Å².